The van der Waals surface area contributed by atoms with Crippen molar-refractivity contribution in [2.75, 3.05) is 20.7 Å². The smallest absolute Gasteiger partial charge is 0.306 e. The van der Waals surface area contributed by atoms with Gasteiger partial charge in [0.2, 0.25) is 0 Å². The van der Waals surface area contributed by atoms with E-state index in [1.54, 1.807) is 6.07 Å². The Morgan fingerprint density at radius 3 is 2.82 bits per heavy atom. The summed E-state index contributed by atoms with van der Waals surface area (Å²) in [5.41, 5.74) is 0.835. The van der Waals surface area contributed by atoms with Crippen LogP contribution in [0.15, 0.2) is 6.07 Å². The van der Waals surface area contributed by atoms with Gasteiger partial charge in [0.05, 0.1) is 20.1 Å². The summed E-state index contributed by atoms with van der Waals surface area (Å²) in [6.45, 7) is 3.02. The summed E-state index contributed by atoms with van der Waals surface area (Å²) in [4.78, 5) is 21.3. The summed E-state index contributed by atoms with van der Waals surface area (Å²) in [5, 5.41) is 0.439. The molecule has 0 aliphatic heterocycles. The number of aryl methyl sites for hydroxylation is 1. The van der Waals surface area contributed by atoms with Gasteiger partial charge in [0.1, 0.15) is 11.0 Å². The van der Waals surface area contributed by atoms with Crippen molar-refractivity contribution >= 4 is 17.6 Å². The van der Waals surface area contributed by atoms with Crippen LogP contribution in [0.1, 0.15) is 17.9 Å². The van der Waals surface area contributed by atoms with Crippen LogP contribution in [0.2, 0.25) is 5.15 Å². The fourth-order valence-electron chi connectivity index (χ4n) is 1.36. The summed E-state index contributed by atoms with van der Waals surface area (Å²) >= 11 is 5.84. The van der Waals surface area contributed by atoms with Gasteiger partial charge in [-0.2, -0.15) is 0 Å². The van der Waals surface area contributed by atoms with E-state index >= 15 is 0 Å². The van der Waals surface area contributed by atoms with Gasteiger partial charge < -0.3 is 4.74 Å². The number of halogens is 1. The topological polar surface area (TPSA) is 55.3 Å². The van der Waals surface area contributed by atoms with Crippen LogP contribution < -0.4 is 0 Å². The van der Waals surface area contributed by atoms with Gasteiger partial charge in [-0.25, -0.2) is 9.97 Å². The highest BCUT2D eigenvalue weighted by Gasteiger charge is 2.07. The zero-order chi connectivity index (χ0) is 12.8. The average molecular weight is 258 g/mol. The summed E-state index contributed by atoms with van der Waals surface area (Å²) in [6.07, 6.45) is 0.354. The quantitative estimate of drug-likeness (QED) is 0.590. The Kier molecular flexibility index (Phi) is 5.31. The number of nitrogens with zero attached hydrogens (tertiary/aromatic N) is 3. The number of carbonyl (C=O) groups excluding carboxylic acids is 1. The third kappa shape index (κ3) is 5.10. The summed E-state index contributed by atoms with van der Waals surface area (Å²) in [7, 11) is 3.27. The molecule has 5 nitrogen and oxygen atoms in total. The van der Waals surface area contributed by atoms with Crippen LogP contribution in [0.5, 0.6) is 0 Å². The van der Waals surface area contributed by atoms with Gasteiger partial charge >= 0.3 is 5.97 Å². The van der Waals surface area contributed by atoms with E-state index in [0.717, 1.165) is 5.69 Å². The summed E-state index contributed by atoms with van der Waals surface area (Å²) in [5.74, 6) is 0.433. The van der Waals surface area contributed by atoms with Crippen LogP contribution in [0.4, 0.5) is 0 Å². The molecule has 0 atom stereocenters. The maximum absolute atomic E-state index is 11.0. The zero-order valence-corrected chi connectivity index (χ0v) is 11.0. The third-order valence-electron chi connectivity index (χ3n) is 2.21. The minimum absolute atomic E-state index is 0.222. The molecule has 0 radical (unpaired) electrons. The SMILES string of the molecule is COC(=O)CCN(C)Cc1nc(C)cc(Cl)n1. The molecule has 0 bridgehead atoms. The maximum atomic E-state index is 11.0. The normalized spacial score (nSPS) is 10.6. The van der Waals surface area contributed by atoms with Gasteiger partial charge in [-0.3, -0.25) is 9.69 Å². The first-order valence-corrected chi connectivity index (χ1v) is 5.64. The molecule has 94 valence electrons. The lowest BCUT2D eigenvalue weighted by atomic mass is 10.3. The van der Waals surface area contributed by atoms with E-state index in [1.807, 2.05) is 18.9 Å². The minimum Gasteiger partial charge on any atom is -0.469 e. The number of rotatable bonds is 5. The Hall–Kier alpha value is -1.20. The lowest BCUT2D eigenvalue weighted by molar-refractivity contribution is -0.140. The van der Waals surface area contributed by atoms with Gasteiger partial charge in [-0.05, 0) is 20.0 Å². The molecule has 0 N–H and O–H groups in total. The molecule has 0 amide bonds. The van der Waals surface area contributed by atoms with Gasteiger partial charge in [-0.1, -0.05) is 11.6 Å². The average Bonchev–Trinajstić information content (AvgIpc) is 2.24. The van der Waals surface area contributed by atoms with Crippen molar-refractivity contribution in [3.63, 3.8) is 0 Å². The first kappa shape index (κ1) is 13.9. The zero-order valence-electron chi connectivity index (χ0n) is 10.2. The number of methoxy groups -OCH3 is 1. The molecule has 0 fully saturated rings. The lowest BCUT2D eigenvalue weighted by Crippen LogP contribution is -2.23. The van der Waals surface area contributed by atoms with Gasteiger partial charge in [0.15, 0.2) is 0 Å². The highest BCUT2D eigenvalue weighted by Crippen LogP contribution is 2.07. The monoisotopic (exact) mass is 257 g/mol. The maximum Gasteiger partial charge on any atom is 0.306 e. The van der Waals surface area contributed by atoms with Crippen LogP contribution in [-0.4, -0.2) is 41.5 Å². The standard InChI is InChI=1S/C11H16ClN3O2/c1-8-6-9(12)14-10(13-8)7-15(2)5-4-11(16)17-3/h6H,4-5,7H2,1-3H3. The predicted molar refractivity (Wildman–Crippen MR) is 64.7 cm³/mol. The third-order valence-corrected chi connectivity index (χ3v) is 2.40. The first-order valence-electron chi connectivity index (χ1n) is 5.26. The number of esters is 1. The van der Waals surface area contributed by atoms with Crippen molar-refractivity contribution < 1.29 is 9.53 Å². The molecule has 0 aromatic carbocycles. The number of hydrogen-bond donors (Lipinski definition) is 0. The largest absolute Gasteiger partial charge is 0.469 e. The fraction of sp³-hybridized carbons (Fsp3) is 0.545. The van der Waals surface area contributed by atoms with E-state index in [1.165, 1.54) is 7.11 Å². The van der Waals surface area contributed by atoms with Gasteiger partial charge in [-0.15, -0.1) is 0 Å². The fourth-order valence-corrected chi connectivity index (χ4v) is 1.62. The Labute approximate surface area is 106 Å². The Bertz CT molecular complexity index is 378. The molecular weight excluding hydrogens is 242 g/mol. The molecule has 0 aliphatic rings. The molecule has 17 heavy (non-hydrogen) atoms. The van der Waals surface area contributed by atoms with E-state index in [4.69, 9.17) is 11.6 Å². The van der Waals surface area contributed by atoms with Crippen LogP contribution in [-0.2, 0) is 16.1 Å². The Morgan fingerprint density at radius 2 is 2.24 bits per heavy atom. The van der Waals surface area contributed by atoms with E-state index in [2.05, 4.69) is 14.7 Å². The van der Waals surface area contributed by atoms with Crippen molar-refractivity contribution in [3.05, 3.63) is 22.7 Å². The molecule has 1 aromatic rings. The van der Waals surface area contributed by atoms with Crippen LogP contribution in [0.25, 0.3) is 0 Å². The highest BCUT2D eigenvalue weighted by molar-refractivity contribution is 6.29. The molecule has 1 aromatic heterocycles. The minimum atomic E-state index is -0.222. The van der Waals surface area contributed by atoms with Crippen molar-refractivity contribution in [2.24, 2.45) is 0 Å². The van der Waals surface area contributed by atoms with Crippen LogP contribution in [0, 0.1) is 6.92 Å². The van der Waals surface area contributed by atoms with Crippen molar-refractivity contribution in [2.45, 2.75) is 19.9 Å². The Morgan fingerprint density at radius 1 is 1.53 bits per heavy atom. The molecule has 1 rings (SSSR count). The first-order chi connectivity index (χ1) is 8.01. The van der Waals surface area contributed by atoms with Gasteiger partial charge in [0.25, 0.3) is 0 Å². The number of hydrogen-bond acceptors (Lipinski definition) is 5. The second kappa shape index (κ2) is 6.51. The molecule has 0 spiro atoms. The number of ether oxygens (including phenoxy) is 1. The van der Waals surface area contributed by atoms with Crippen LogP contribution in [0.3, 0.4) is 0 Å². The summed E-state index contributed by atoms with van der Waals surface area (Å²) in [6, 6.07) is 1.71. The van der Waals surface area contributed by atoms with Crippen molar-refractivity contribution in [1.29, 1.82) is 0 Å². The molecule has 0 saturated heterocycles. The van der Waals surface area contributed by atoms with Crippen molar-refractivity contribution in [3.8, 4) is 0 Å². The predicted octanol–water partition coefficient (Wildman–Crippen LogP) is 1.43. The van der Waals surface area contributed by atoms with E-state index in [-0.39, 0.29) is 5.97 Å². The molecule has 0 saturated carbocycles. The second-order valence-corrected chi connectivity index (χ2v) is 4.20. The summed E-state index contributed by atoms with van der Waals surface area (Å²) < 4.78 is 4.57. The van der Waals surface area contributed by atoms with Gasteiger partial charge in [0, 0.05) is 12.2 Å². The highest BCUT2D eigenvalue weighted by atomic mass is 35.5. The number of carbonyl (C=O) groups is 1. The van der Waals surface area contributed by atoms with E-state index in [9.17, 15) is 4.79 Å². The lowest BCUT2D eigenvalue weighted by Gasteiger charge is -2.14. The van der Waals surface area contributed by atoms with E-state index in [0.29, 0.717) is 30.5 Å². The van der Waals surface area contributed by atoms with E-state index < -0.39 is 0 Å². The van der Waals surface area contributed by atoms with Crippen LogP contribution >= 0.6 is 11.6 Å². The Balaban J connectivity index is 2.50. The molecule has 0 aliphatic carbocycles. The molecule has 0 unspecified atom stereocenters. The molecule has 6 heteroatoms. The second-order valence-electron chi connectivity index (χ2n) is 3.81. The van der Waals surface area contributed by atoms with Crippen molar-refractivity contribution in [1.82, 2.24) is 14.9 Å². The number of aromatic nitrogens is 2. The molecular formula is C11H16ClN3O2. The molecule has 1 heterocycles.